The Morgan fingerprint density at radius 1 is 1.28 bits per heavy atom. The van der Waals surface area contributed by atoms with Gasteiger partial charge in [-0.05, 0) is 29.8 Å². The van der Waals surface area contributed by atoms with Crippen LogP contribution in [0.15, 0.2) is 28.0 Å². The van der Waals surface area contributed by atoms with Crippen LogP contribution in [0.5, 0.6) is 0 Å². The molecule has 0 amide bonds. The average Bonchev–Trinajstić information content (AvgIpc) is 2.49. The molecule has 1 aromatic carbocycles. The smallest absolute Gasteiger partial charge is 0.204 e. The van der Waals surface area contributed by atoms with Crippen molar-refractivity contribution in [2.24, 2.45) is 0 Å². The normalized spacial score (nSPS) is 17.3. The van der Waals surface area contributed by atoms with Crippen molar-refractivity contribution < 1.29 is 21.2 Å². The molecule has 0 aromatic heterocycles. The molecule has 98 valence electrons. The van der Waals surface area contributed by atoms with Crippen molar-refractivity contribution in [3.8, 4) is 0 Å². The minimum atomic E-state index is -3.79. The van der Waals surface area contributed by atoms with E-state index in [4.69, 9.17) is 0 Å². The number of rotatable bonds is 3. The van der Waals surface area contributed by atoms with Gasteiger partial charge in [0.25, 0.3) is 0 Å². The first kappa shape index (κ1) is 13.2. The maximum Gasteiger partial charge on any atom is 0.204 e. The highest BCUT2D eigenvalue weighted by Crippen LogP contribution is 2.33. The van der Waals surface area contributed by atoms with E-state index in [2.05, 4.69) is 0 Å². The van der Waals surface area contributed by atoms with Crippen LogP contribution in [-0.4, -0.2) is 28.3 Å². The second-order valence-corrected chi connectivity index (χ2v) is 8.30. The van der Waals surface area contributed by atoms with E-state index in [-0.39, 0.29) is 21.1 Å². The SMILES string of the molecule is CCS(=O)(=O)CC1=Cc2cc(F)ccc2S1(=O)=O. The van der Waals surface area contributed by atoms with Crippen LogP contribution in [0.2, 0.25) is 0 Å². The van der Waals surface area contributed by atoms with Gasteiger partial charge in [0.15, 0.2) is 9.84 Å². The Morgan fingerprint density at radius 3 is 2.56 bits per heavy atom. The van der Waals surface area contributed by atoms with Crippen LogP contribution in [-0.2, 0) is 19.7 Å². The van der Waals surface area contributed by atoms with Crippen molar-refractivity contribution >= 4 is 25.8 Å². The Kier molecular flexibility index (Phi) is 3.06. The molecule has 0 saturated carbocycles. The molecule has 0 N–H and O–H groups in total. The summed E-state index contributed by atoms with van der Waals surface area (Å²) in [6.45, 7) is 1.45. The number of hydrogen-bond donors (Lipinski definition) is 0. The predicted octanol–water partition coefficient (Wildman–Crippen LogP) is 1.39. The van der Waals surface area contributed by atoms with Crippen LogP contribution in [0, 0.1) is 5.82 Å². The topological polar surface area (TPSA) is 68.3 Å². The third-order valence-corrected chi connectivity index (χ3v) is 6.44. The maximum absolute atomic E-state index is 13.0. The van der Waals surface area contributed by atoms with E-state index in [0.717, 1.165) is 18.2 Å². The van der Waals surface area contributed by atoms with E-state index in [1.165, 1.54) is 13.0 Å². The van der Waals surface area contributed by atoms with Crippen LogP contribution in [0.1, 0.15) is 12.5 Å². The molecule has 2 rings (SSSR count). The van der Waals surface area contributed by atoms with Crippen LogP contribution in [0.4, 0.5) is 4.39 Å². The summed E-state index contributed by atoms with van der Waals surface area (Å²) in [5.74, 6) is -1.23. The molecule has 7 heteroatoms. The second-order valence-electron chi connectivity index (χ2n) is 3.97. The zero-order valence-corrected chi connectivity index (χ0v) is 11.2. The average molecular weight is 290 g/mol. The lowest BCUT2D eigenvalue weighted by Crippen LogP contribution is -2.14. The Morgan fingerprint density at radius 2 is 1.94 bits per heavy atom. The molecule has 0 unspecified atom stereocenters. The summed E-state index contributed by atoms with van der Waals surface area (Å²) < 4.78 is 60.0. The maximum atomic E-state index is 13.0. The van der Waals surface area contributed by atoms with Gasteiger partial charge in [0.1, 0.15) is 5.82 Å². The van der Waals surface area contributed by atoms with Gasteiger partial charge in [-0.15, -0.1) is 0 Å². The van der Waals surface area contributed by atoms with Gasteiger partial charge in [0.2, 0.25) is 9.84 Å². The van der Waals surface area contributed by atoms with E-state index in [1.807, 2.05) is 0 Å². The van der Waals surface area contributed by atoms with Crippen LogP contribution in [0.3, 0.4) is 0 Å². The highest BCUT2D eigenvalue weighted by atomic mass is 32.2. The first-order chi connectivity index (χ1) is 8.26. The fourth-order valence-electron chi connectivity index (χ4n) is 1.71. The molecule has 18 heavy (non-hydrogen) atoms. The van der Waals surface area contributed by atoms with Gasteiger partial charge < -0.3 is 0 Å². The van der Waals surface area contributed by atoms with Crippen molar-refractivity contribution in [1.29, 1.82) is 0 Å². The number of hydrogen-bond acceptors (Lipinski definition) is 4. The van der Waals surface area contributed by atoms with E-state index in [1.54, 1.807) is 0 Å². The minimum Gasteiger partial charge on any atom is -0.228 e. The highest BCUT2D eigenvalue weighted by molar-refractivity contribution is 7.98. The van der Waals surface area contributed by atoms with Crippen molar-refractivity contribution in [1.82, 2.24) is 0 Å². The van der Waals surface area contributed by atoms with E-state index in [9.17, 15) is 21.2 Å². The van der Waals surface area contributed by atoms with E-state index >= 15 is 0 Å². The fraction of sp³-hybridized carbons (Fsp3) is 0.273. The summed E-state index contributed by atoms with van der Waals surface area (Å²) in [4.78, 5) is -0.227. The zero-order chi connectivity index (χ0) is 13.6. The lowest BCUT2D eigenvalue weighted by atomic mass is 10.2. The van der Waals surface area contributed by atoms with Crippen molar-refractivity contribution in [3.05, 3.63) is 34.5 Å². The monoisotopic (exact) mass is 290 g/mol. The molecule has 1 aromatic rings. The summed E-state index contributed by atoms with van der Waals surface area (Å²) in [6, 6.07) is 3.28. The number of halogens is 1. The van der Waals surface area contributed by atoms with Gasteiger partial charge in [-0.2, -0.15) is 0 Å². The first-order valence-electron chi connectivity index (χ1n) is 5.22. The summed E-state index contributed by atoms with van der Waals surface area (Å²) >= 11 is 0. The van der Waals surface area contributed by atoms with Crippen molar-refractivity contribution in [2.75, 3.05) is 11.5 Å². The Labute approximate surface area is 105 Å². The lowest BCUT2D eigenvalue weighted by Gasteiger charge is -2.03. The second kappa shape index (κ2) is 4.17. The van der Waals surface area contributed by atoms with Gasteiger partial charge in [0, 0.05) is 5.75 Å². The number of benzene rings is 1. The molecule has 1 heterocycles. The van der Waals surface area contributed by atoms with Crippen LogP contribution >= 0.6 is 0 Å². The quantitative estimate of drug-likeness (QED) is 0.789. The summed E-state index contributed by atoms with van der Waals surface area (Å²) in [5.41, 5.74) is 0.205. The van der Waals surface area contributed by atoms with Crippen molar-refractivity contribution in [2.45, 2.75) is 11.8 Å². The lowest BCUT2D eigenvalue weighted by molar-refractivity contribution is 0.593. The molecule has 0 aliphatic carbocycles. The summed E-state index contributed by atoms with van der Waals surface area (Å²) in [7, 11) is -7.23. The van der Waals surface area contributed by atoms with E-state index < -0.39 is 31.2 Å². The predicted molar refractivity (Wildman–Crippen MR) is 65.9 cm³/mol. The number of fused-ring (bicyclic) bond motifs is 1. The van der Waals surface area contributed by atoms with Gasteiger partial charge in [-0.3, -0.25) is 0 Å². The molecule has 0 radical (unpaired) electrons. The van der Waals surface area contributed by atoms with Crippen LogP contribution in [0.25, 0.3) is 6.08 Å². The minimum absolute atomic E-state index is 0.0368. The van der Waals surface area contributed by atoms with E-state index in [0.29, 0.717) is 0 Å². The Balaban J connectivity index is 2.52. The van der Waals surface area contributed by atoms with Gasteiger partial charge in [-0.25, -0.2) is 21.2 Å². The molecular weight excluding hydrogens is 279 g/mol. The summed E-state index contributed by atoms with van der Waals surface area (Å²) in [6.07, 6.45) is 1.22. The summed E-state index contributed by atoms with van der Waals surface area (Å²) in [5, 5.41) is 0. The molecule has 0 saturated heterocycles. The molecule has 0 atom stereocenters. The largest absolute Gasteiger partial charge is 0.228 e. The third kappa shape index (κ3) is 2.20. The Hall–Kier alpha value is -1.21. The molecule has 1 aliphatic heterocycles. The third-order valence-electron chi connectivity index (χ3n) is 2.73. The Bertz CT molecular complexity index is 730. The molecule has 4 nitrogen and oxygen atoms in total. The molecule has 1 aliphatic rings. The van der Waals surface area contributed by atoms with Crippen molar-refractivity contribution in [3.63, 3.8) is 0 Å². The zero-order valence-electron chi connectivity index (χ0n) is 9.55. The number of sulfone groups is 2. The molecule has 0 spiro atoms. The molecular formula is C11H11FO4S2. The first-order valence-corrected chi connectivity index (χ1v) is 8.52. The van der Waals surface area contributed by atoms with Gasteiger partial charge in [0.05, 0.1) is 15.6 Å². The fourth-order valence-corrected chi connectivity index (χ4v) is 4.83. The standard InChI is InChI=1S/C11H11FO4S2/c1-2-17(13,14)7-10-6-8-5-9(12)3-4-11(8)18(10,15)16/h3-6H,2,7H2,1H3. The highest BCUT2D eigenvalue weighted by Gasteiger charge is 2.32. The van der Waals surface area contributed by atoms with Crippen LogP contribution < -0.4 is 0 Å². The van der Waals surface area contributed by atoms with Gasteiger partial charge in [-0.1, -0.05) is 6.92 Å². The molecule has 0 fully saturated rings. The molecule has 0 bridgehead atoms. The van der Waals surface area contributed by atoms with Gasteiger partial charge >= 0.3 is 0 Å².